The van der Waals surface area contributed by atoms with E-state index in [1.807, 2.05) is 84.3 Å². The monoisotopic (exact) mass is 632 g/mol. The highest BCUT2D eigenvalue weighted by Crippen LogP contribution is 2.46. The van der Waals surface area contributed by atoms with Gasteiger partial charge in [0.25, 0.3) is 0 Å². The van der Waals surface area contributed by atoms with E-state index in [1.54, 1.807) is 0 Å². The molecule has 6 aromatic carbocycles. The average molecular weight is 633 g/mol. The summed E-state index contributed by atoms with van der Waals surface area (Å²) in [6.45, 7) is 0. The van der Waals surface area contributed by atoms with E-state index in [2.05, 4.69) is 72.8 Å². The van der Waals surface area contributed by atoms with Crippen LogP contribution in [0.4, 0.5) is 0 Å². The fourth-order valence-electron chi connectivity index (χ4n) is 6.77. The van der Waals surface area contributed by atoms with Gasteiger partial charge in [-0.25, -0.2) is 15.0 Å². The number of rotatable bonds is 4. The van der Waals surface area contributed by atoms with Gasteiger partial charge >= 0.3 is 0 Å². The van der Waals surface area contributed by atoms with E-state index >= 15 is 0 Å². The summed E-state index contributed by atoms with van der Waals surface area (Å²) >= 11 is 1.82. The molecule has 0 N–H and O–H groups in total. The second-order valence-electron chi connectivity index (χ2n) is 11.8. The van der Waals surface area contributed by atoms with Crippen molar-refractivity contribution in [3.05, 3.63) is 146 Å². The number of hydrogen-bond acceptors (Lipinski definition) is 6. The van der Waals surface area contributed by atoms with Crippen molar-refractivity contribution in [2.24, 2.45) is 0 Å². The molecule has 0 saturated heterocycles. The van der Waals surface area contributed by atoms with E-state index in [9.17, 15) is 0 Å². The van der Waals surface area contributed by atoms with E-state index in [4.69, 9.17) is 24.4 Å². The molecule has 0 aliphatic carbocycles. The van der Waals surface area contributed by atoms with Gasteiger partial charge in [-0.1, -0.05) is 97.1 Å². The first kappa shape index (κ1) is 26.9. The van der Waals surface area contributed by atoms with Crippen LogP contribution < -0.4 is 0 Å². The predicted molar refractivity (Wildman–Crippen MR) is 197 cm³/mol. The quantitative estimate of drug-likeness (QED) is 0.193. The van der Waals surface area contributed by atoms with Crippen LogP contribution in [0.3, 0.4) is 0 Å². The zero-order chi connectivity index (χ0) is 31.6. The average Bonchev–Trinajstić information content (AvgIpc) is 3.72. The molecule has 10 aromatic rings. The van der Waals surface area contributed by atoms with Crippen molar-refractivity contribution in [2.45, 2.75) is 0 Å². The highest BCUT2D eigenvalue weighted by Gasteiger charge is 2.23. The van der Waals surface area contributed by atoms with Crippen LogP contribution in [-0.4, -0.2) is 19.9 Å². The number of fused-ring (bicyclic) bond motifs is 7. The Kier molecular flexibility index (Phi) is 5.98. The number of benzene rings is 6. The molecule has 0 aliphatic heterocycles. The van der Waals surface area contributed by atoms with Crippen LogP contribution in [0.2, 0.25) is 0 Å². The van der Waals surface area contributed by atoms with Crippen LogP contribution in [0.15, 0.2) is 150 Å². The number of aromatic nitrogens is 4. The number of hydrogen-bond donors (Lipinski definition) is 0. The van der Waals surface area contributed by atoms with E-state index in [-0.39, 0.29) is 0 Å². The molecule has 0 spiro atoms. The van der Waals surface area contributed by atoms with Gasteiger partial charge in [-0.3, -0.25) is 4.98 Å². The molecule has 4 aromatic heterocycles. The summed E-state index contributed by atoms with van der Waals surface area (Å²) < 4.78 is 9.39. The first-order valence-corrected chi connectivity index (χ1v) is 16.6. The Morgan fingerprint density at radius 2 is 1.17 bits per heavy atom. The molecule has 0 aliphatic rings. The standard InChI is InChI=1S/C42H24N4OS/c1-3-11-25(12-4-1)40-44-41(26-13-5-2-6-14-26)46-42(45-40)31-21-20-29(28-17-9-19-36-37(28)30-16-7-8-18-35(30)48-36)39-38(31)32-24-33-27(15-10-22-43-33)23-34(32)47-39/h1-24H. The predicted octanol–water partition coefficient (Wildman–Crippen LogP) is 11.4. The molecule has 5 nitrogen and oxygen atoms in total. The van der Waals surface area contributed by atoms with Crippen LogP contribution >= 0.6 is 11.3 Å². The Morgan fingerprint density at radius 1 is 0.479 bits per heavy atom. The van der Waals surface area contributed by atoms with Gasteiger partial charge in [0.1, 0.15) is 11.2 Å². The molecule has 0 atom stereocenters. The smallest absolute Gasteiger partial charge is 0.164 e. The van der Waals surface area contributed by atoms with E-state index in [0.717, 1.165) is 60.7 Å². The first-order valence-electron chi connectivity index (χ1n) is 15.8. The Bertz CT molecular complexity index is 2780. The van der Waals surface area contributed by atoms with Gasteiger partial charge in [0.2, 0.25) is 0 Å². The lowest BCUT2D eigenvalue weighted by Crippen LogP contribution is -2.00. The maximum absolute atomic E-state index is 6.88. The lowest BCUT2D eigenvalue weighted by molar-refractivity contribution is 0.670. The van der Waals surface area contributed by atoms with Crippen molar-refractivity contribution in [1.82, 2.24) is 19.9 Å². The van der Waals surface area contributed by atoms with Crippen LogP contribution in [-0.2, 0) is 0 Å². The molecule has 10 rings (SSSR count). The van der Waals surface area contributed by atoms with Gasteiger partial charge in [0.15, 0.2) is 17.5 Å². The normalized spacial score (nSPS) is 11.8. The molecule has 0 fully saturated rings. The molecule has 0 radical (unpaired) electrons. The maximum atomic E-state index is 6.88. The molecule has 0 unspecified atom stereocenters. The second-order valence-corrected chi connectivity index (χ2v) is 12.9. The molecular formula is C42H24N4OS. The van der Waals surface area contributed by atoms with Crippen LogP contribution in [0.25, 0.3) is 98.3 Å². The molecule has 224 valence electrons. The Hall–Kier alpha value is -6.24. The number of thiophene rings is 1. The zero-order valence-corrected chi connectivity index (χ0v) is 26.3. The summed E-state index contributed by atoms with van der Waals surface area (Å²) in [6.07, 6.45) is 1.83. The molecule has 6 heteroatoms. The van der Waals surface area contributed by atoms with Gasteiger partial charge in [0.05, 0.1) is 5.52 Å². The third kappa shape index (κ3) is 4.24. The van der Waals surface area contributed by atoms with Crippen molar-refractivity contribution in [3.63, 3.8) is 0 Å². The molecule has 0 amide bonds. The van der Waals surface area contributed by atoms with Crippen LogP contribution in [0, 0.1) is 0 Å². The summed E-state index contributed by atoms with van der Waals surface area (Å²) in [5.74, 6) is 1.82. The number of nitrogens with zero attached hydrogens (tertiary/aromatic N) is 4. The summed E-state index contributed by atoms with van der Waals surface area (Å²) in [7, 11) is 0. The van der Waals surface area contributed by atoms with Gasteiger partial charge in [-0.15, -0.1) is 11.3 Å². The fourth-order valence-corrected chi connectivity index (χ4v) is 7.90. The molecule has 0 saturated carbocycles. The fraction of sp³-hybridized carbons (Fsp3) is 0. The molecular weight excluding hydrogens is 609 g/mol. The molecule has 48 heavy (non-hydrogen) atoms. The van der Waals surface area contributed by atoms with Crippen molar-refractivity contribution in [3.8, 4) is 45.3 Å². The molecule has 4 heterocycles. The number of pyridine rings is 1. The highest BCUT2D eigenvalue weighted by atomic mass is 32.1. The SMILES string of the molecule is c1ccc(-c2nc(-c3ccccc3)nc(-c3ccc(-c4cccc5sc6ccccc6c45)c4oc5cc6cccnc6cc5c34)n2)cc1. The third-order valence-electron chi connectivity index (χ3n) is 8.98. The van der Waals surface area contributed by atoms with Crippen LogP contribution in [0.1, 0.15) is 0 Å². The van der Waals surface area contributed by atoms with Crippen molar-refractivity contribution >= 4 is 64.4 Å². The van der Waals surface area contributed by atoms with Crippen molar-refractivity contribution in [1.29, 1.82) is 0 Å². The summed E-state index contributed by atoms with van der Waals surface area (Å²) in [4.78, 5) is 19.8. The van der Waals surface area contributed by atoms with E-state index < -0.39 is 0 Å². The molecule has 0 bridgehead atoms. The highest BCUT2D eigenvalue weighted by molar-refractivity contribution is 7.25. The largest absolute Gasteiger partial charge is 0.455 e. The summed E-state index contributed by atoms with van der Waals surface area (Å²) in [6, 6.07) is 47.8. The Labute approximate surface area is 278 Å². The minimum absolute atomic E-state index is 0.585. The summed E-state index contributed by atoms with van der Waals surface area (Å²) in [5, 5.41) is 5.43. The van der Waals surface area contributed by atoms with Gasteiger partial charge in [-0.05, 0) is 48.0 Å². The minimum atomic E-state index is 0.585. The van der Waals surface area contributed by atoms with Gasteiger partial charge in [-0.2, -0.15) is 0 Å². The van der Waals surface area contributed by atoms with E-state index in [1.165, 1.54) is 20.2 Å². The number of furan rings is 1. The van der Waals surface area contributed by atoms with E-state index in [0.29, 0.717) is 17.5 Å². The van der Waals surface area contributed by atoms with Crippen molar-refractivity contribution < 1.29 is 4.42 Å². The minimum Gasteiger partial charge on any atom is -0.455 e. The summed E-state index contributed by atoms with van der Waals surface area (Å²) in [5.41, 5.74) is 7.38. The maximum Gasteiger partial charge on any atom is 0.164 e. The topological polar surface area (TPSA) is 64.7 Å². The van der Waals surface area contributed by atoms with Gasteiger partial charge < -0.3 is 4.42 Å². The second kappa shape index (κ2) is 10.7. The van der Waals surface area contributed by atoms with Crippen LogP contribution in [0.5, 0.6) is 0 Å². The van der Waals surface area contributed by atoms with Crippen molar-refractivity contribution in [2.75, 3.05) is 0 Å². The third-order valence-corrected chi connectivity index (χ3v) is 10.1. The Morgan fingerprint density at radius 3 is 1.96 bits per heavy atom. The lowest BCUT2D eigenvalue weighted by Gasteiger charge is -2.11. The zero-order valence-electron chi connectivity index (χ0n) is 25.5. The first-order chi connectivity index (χ1) is 23.8. The lowest BCUT2D eigenvalue weighted by atomic mass is 9.95. The van der Waals surface area contributed by atoms with Gasteiger partial charge in [0, 0.05) is 64.8 Å². The Balaban J connectivity index is 1.31.